The fraction of sp³-hybridized carbons (Fsp3) is 0.333. The monoisotopic (exact) mass is 276 g/mol. The predicted molar refractivity (Wildman–Crippen MR) is 76.8 cm³/mol. The summed E-state index contributed by atoms with van der Waals surface area (Å²) in [4.78, 5) is 12.2. The molecule has 0 radical (unpaired) electrons. The van der Waals surface area contributed by atoms with Crippen molar-refractivity contribution in [3.05, 3.63) is 52.3 Å². The first-order chi connectivity index (χ1) is 8.95. The van der Waals surface area contributed by atoms with Gasteiger partial charge >= 0.3 is 0 Å². The summed E-state index contributed by atoms with van der Waals surface area (Å²) < 4.78 is 1.85. The van der Waals surface area contributed by atoms with Crippen LogP contribution in [-0.4, -0.2) is 15.6 Å². The van der Waals surface area contributed by atoms with Crippen LogP contribution in [0.25, 0.3) is 0 Å². The van der Waals surface area contributed by atoms with Gasteiger partial charge in [0.15, 0.2) is 5.78 Å². The van der Waals surface area contributed by atoms with E-state index in [1.54, 1.807) is 6.07 Å². The van der Waals surface area contributed by atoms with Crippen LogP contribution >= 0.6 is 11.6 Å². The van der Waals surface area contributed by atoms with E-state index in [-0.39, 0.29) is 5.78 Å². The Labute approximate surface area is 118 Å². The van der Waals surface area contributed by atoms with Crippen LogP contribution in [0.2, 0.25) is 5.02 Å². The van der Waals surface area contributed by atoms with Crippen molar-refractivity contribution in [2.45, 2.75) is 33.2 Å². The number of Topliss-reactive ketones (excluding diaryl/α,β-unsaturated/α-hetero) is 1. The summed E-state index contributed by atoms with van der Waals surface area (Å²) in [6.45, 7) is 6.04. The molecule has 0 aliphatic heterocycles. The Morgan fingerprint density at radius 2 is 2.11 bits per heavy atom. The second-order valence-corrected chi connectivity index (χ2v) is 5.43. The summed E-state index contributed by atoms with van der Waals surface area (Å²) in [7, 11) is 0. The highest BCUT2D eigenvalue weighted by Gasteiger charge is 2.11. The summed E-state index contributed by atoms with van der Waals surface area (Å²) in [6.07, 6.45) is 2.20. The van der Waals surface area contributed by atoms with Crippen molar-refractivity contribution >= 4 is 17.4 Å². The lowest BCUT2D eigenvalue weighted by Crippen LogP contribution is -2.07. The van der Waals surface area contributed by atoms with Crippen molar-refractivity contribution < 1.29 is 4.79 Å². The lowest BCUT2D eigenvalue weighted by molar-refractivity contribution is 0.0991. The first-order valence-electron chi connectivity index (χ1n) is 6.30. The van der Waals surface area contributed by atoms with Gasteiger partial charge in [0.05, 0.1) is 12.1 Å². The number of nitrogens with zero attached hydrogens (tertiary/aromatic N) is 2. The average Bonchev–Trinajstić information content (AvgIpc) is 2.76. The maximum atomic E-state index is 12.2. The van der Waals surface area contributed by atoms with Crippen molar-refractivity contribution in [2.24, 2.45) is 0 Å². The van der Waals surface area contributed by atoms with E-state index >= 15 is 0 Å². The molecule has 0 saturated carbocycles. The molecule has 0 saturated heterocycles. The first kappa shape index (κ1) is 13.8. The normalized spacial score (nSPS) is 11.0. The molecule has 4 heteroatoms. The van der Waals surface area contributed by atoms with Gasteiger partial charge in [0.25, 0.3) is 0 Å². The van der Waals surface area contributed by atoms with Crippen LogP contribution in [0.4, 0.5) is 0 Å². The smallest absolute Gasteiger partial charge is 0.168 e. The van der Waals surface area contributed by atoms with E-state index in [9.17, 15) is 4.79 Å². The van der Waals surface area contributed by atoms with Crippen LogP contribution < -0.4 is 0 Å². The summed E-state index contributed by atoms with van der Waals surface area (Å²) in [5, 5.41) is 4.98. The van der Waals surface area contributed by atoms with Crippen LogP contribution in [-0.2, 0) is 6.42 Å². The summed E-state index contributed by atoms with van der Waals surface area (Å²) in [5.41, 5.74) is 2.42. The Hall–Kier alpha value is -1.61. The van der Waals surface area contributed by atoms with Crippen molar-refractivity contribution in [3.63, 3.8) is 0 Å². The third kappa shape index (κ3) is 3.44. The van der Waals surface area contributed by atoms with Gasteiger partial charge in [0, 0.05) is 22.8 Å². The lowest BCUT2D eigenvalue weighted by atomic mass is 10.0. The van der Waals surface area contributed by atoms with Gasteiger partial charge in [-0.15, -0.1) is 0 Å². The van der Waals surface area contributed by atoms with E-state index in [1.165, 1.54) is 0 Å². The minimum Gasteiger partial charge on any atom is -0.294 e. The molecule has 1 heterocycles. The molecule has 0 unspecified atom stereocenters. The molecular weight excluding hydrogens is 260 g/mol. The zero-order valence-corrected chi connectivity index (χ0v) is 12.1. The van der Waals surface area contributed by atoms with Crippen molar-refractivity contribution in [2.75, 3.05) is 0 Å². The van der Waals surface area contributed by atoms with Gasteiger partial charge in [-0.2, -0.15) is 5.10 Å². The Morgan fingerprint density at radius 1 is 1.37 bits per heavy atom. The van der Waals surface area contributed by atoms with Crippen molar-refractivity contribution in [1.29, 1.82) is 0 Å². The fourth-order valence-electron chi connectivity index (χ4n) is 1.92. The van der Waals surface area contributed by atoms with E-state index in [0.29, 0.717) is 23.0 Å². The third-order valence-corrected chi connectivity index (χ3v) is 3.12. The molecule has 0 bridgehead atoms. The minimum atomic E-state index is 0.0413. The summed E-state index contributed by atoms with van der Waals surface area (Å²) in [5.74, 6) is 0.0413. The molecule has 3 nitrogen and oxygen atoms in total. The molecule has 2 rings (SSSR count). The molecule has 0 atom stereocenters. The van der Waals surface area contributed by atoms with Crippen LogP contribution in [0, 0.1) is 6.92 Å². The molecule has 1 aromatic heterocycles. The van der Waals surface area contributed by atoms with E-state index in [1.807, 2.05) is 36.0 Å². The summed E-state index contributed by atoms with van der Waals surface area (Å²) in [6, 6.07) is 7.59. The Kier molecular flexibility index (Phi) is 4.05. The van der Waals surface area contributed by atoms with E-state index in [4.69, 9.17) is 11.6 Å². The molecule has 2 aromatic rings. The number of hydrogen-bond acceptors (Lipinski definition) is 2. The SMILES string of the molecule is Cc1cc(Cl)cc(C(=O)Cc2ccn(C(C)C)n2)c1. The quantitative estimate of drug-likeness (QED) is 0.795. The van der Waals surface area contributed by atoms with Gasteiger partial charge in [0.2, 0.25) is 0 Å². The molecule has 100 valence electrons. The fourth-order valence-corrected chi connectivity index (χ4v) is 2.21. The highest BCUT2D eigenvalue weighted by atomic mass is 35.5. The number of benzene rings is 1. The lowest BCUT2D eigenvalue weighted by Gasteiger charge is -2.04. The Morgan fingerprint density at radius 3 is 2.68 bits per heavy atom. The van der Waals surface area contributed by atoms with Gasteiger partial charge in [-0.05, 0) is 50.6 Å². The number of aromatic nitrogens is 2. The second-order valence-electron chi connectivity index (χ2n) is 5.00. The maximum Gasteiger partial charge on any atom is 0.168 e. The van der Waals surface area contributed by atoms with Crippen LogP contribution in [0.3, 0.4) is 0 Å². The topological polar surface area (TPSA) is 34.9 Å². The van der Waals surface area contributed by atoms with Crippen LogP contribution in [0.1, 0.15) is 41.5 Å². The van der Waals surface area contributed by atoms with Crippen molar-refractivity contribution in [1.82, 2.24) is 9.78 Å². The summed E-state index contributed by atoms with van der Waals surface area (Å²) >= 11 is 5.97. The number of carbonyl (C=O) groups is 1. The average molecular weight is 277 g/mol. The maximum absolute atomic E-state index is 12.2. The van der Waals surface area contributed by atoms with Gasteiger partial charge in [0.1, 0.15) is 0 Å². The highest BCUT2D eigenvalue weighted by Crippen LogP contribution is 2.16. The molecule has 0 aliphatic carbocycles. The first-order valence-corrected chi connectivity index (χ1v) is 6.68. The van der Waals surface area contributed by atoms with Crippen molar-refractivity contribution in [3.8, 4) is 0 Å². The van der Waals surface area contributed by atoms with Gasteiger partial charge in [-0.25, -0.2) is 0 Å². The molecular formula is C15H17ClN2O. The number of ketones is 1. The zero-order chi connectivity index (χ0) is 14.0. The number of hydrogen-bond donors (Lipinski definition) is 0. The molecule has 0 spiro atoms. The molecule has 0 aliphatic rings. The van der Waals surface area contributed by atoms with E-state index < -0.39 is 0 Å². The van der Waals surface area contributed by atoms with Gasteiger partial charge in [-0.3, -0.25) is 9.48 Å². The zero-order valence-electron chi connectivity index (χ0n) is 11.4. The van der Waals surface area contributed by atoms with E-state index in [0.717, 1.165) is 11.3 Å². The Balaban J connectivity index is 2.15. The largest absolute Gasteiger partial charge is 0.294 e. The third-order valence-electron chi connectivity index (χ3n) is 2.90. The minimum absolute atomic E-state index is 0.0413. The number of halogens is 1. The second kappa shape index (κ2) is 5.57. The molecule has 0 N–H and O–H groups in total. The molecule has 1 aromatic carbocycles. The van der Waals surface area contributed by atoms with Gasteiger partial charge in [-0.1, -0.05) is 11.6 Å². The molecule has 19 heavy (non-hydrogen) atoms. The number of carbonyl (C=O) groups excluding carboxylic acids is 1. The number of aryl methyl sites for hydroxylation is 1. The van der Waals surface area contributed by atoms with E-state index in [2.05, 4.69) is 18.9 Å². The predicted octanol–water partition coefficient (Wildman–Crippen LogP) is 3.85. The standard InChI is InChI=1S/C15H17ClN2O/c1-10(2)18-5-4-14(17-18)9-15(19)12-6-11(3)7-13(16)8-12/h4-8,10H,9H2,1-3H3. The molecule has 0 fully saturated rings. The van der Waals surface area contributed by atoms with Gasteiger partial charge < -0.3 is 0 Å². The Bertz CT molecular complexity index is 582. The number of rotatable bonds is 4. The van der Waals surface area contributed by atoms with Crippen LogP contribution in [0.15, 0.2) is 30.5 Å². The van der Waals surface area contributed by atoms with Crippen LogP contribution in [0.5, 0.6) is 0 Å². The highest BCUT2D eigenvalue weighted by molar-refractivity contribution is 6.31. The molecule has 0 amide bonds.